The summed E-state index contributed by atoms with van der Waals surface area (Å²) in [6.07, 6.45) is 8.22. The highest BCUT2D eigenvalue weighted by Gasteiger charge is 2.25. The van der Waals surface area contributed by atoms with Gasteiger partial charge in [-0.1, -0.05) is 18.2 Å². The molecule has 0 spiro atoms. The van der Waals surface area contributed by atoms with Gasteiger partial charge in [0.2, 0.25) is 5.95 Å². The van der Waals surface area contributed by atoms with Crippen LogP contribution < -0.4 is 25.8 Å². The van der Waals surface area contributed by atoms with Crippen molar-refractivity contribution in [1.29, 1.82) is 0 Å². The minimum absolute atomic E-state index is 0.357. The van der Waals surface area contributed by atoms with E-state index in [1.807, 2.05) is 12.4 Å². The summed E-state index contributed by atoms with van der Waals surface area (Å²) in [5.41, 5.74) is 4.38. The van der Waals surface area contributed by atoms with Crippen molar-refractivity contribution in [3.63, 3.8) is 0 Å². The summed E-state index contributed by atoms with van der Waals surface area (Å²) >= 11 is 0. The predicted octanol–water partition coefficient (Wildman–Crippen LogP) is 5.11. The Hall–Kier alpha value is -3.69. The lowest BCUT2D eigenvalue weighted by atomic mass is 9.91. The molecule has 1 aromatic heterocycles. The molecule has 1 saturated heterocycles. The molecule has 0 bridgehead atoms. The third-order valence-corrected chi connectivity index (χ3v) is 8.13. The summed E-state index contributed by atoms with van der Waals surface area (Å²) in [5.74, 6) is 2.39. The number of nitrogens with one attached hydrogen (secondary N) is 3. The molecule has 3 aromatic rings. The lowest BCUT2D eigenvalue weighted by Crippen LogP contribution is -2.36. The fourth-order valence-electron chi connectivity index (χ4n) is 5.81. The summed E-state index contributed by atoms with van der Waals surface area (Å²) in [6.45, 7) is 4.18. The van der Waals surface area contributed by atoms with Crippen LogP contribution >= 0.6 is 0 Å². The molecule has 6 rings (SSSR count). The zero-order valence-electron chi connectivity index (χ0n) is 23.4. The standard InChI is InChI=1S/C31H40N8O/c1-32-23-9-11-25(12-10-23)35-31-36-29(34-24-13-15-26(16-14-24)38-18-20-40-21-19-38)28-8-5-17-33-22-39(30(28)37-31)27-6-3-2-4-7-27/h2-4,6-7,13-16,22-23,25,32H,5,8-12,17-21H2,1H3,(H2,34,35,36,37). The van der Waals surface area contributed by atoms with Crippen molar-refractivity contribution >= 4 is 41.0 Å². The van der Waals surface area contributed by atoms with Gasteiger partial charge in [-0.2, -0.15) is 9.97 Å². The van der Waals surface area contributed by atoms with E-state index in [-0.39, 0.29) is 0 Å². The fourth-order valence-corrected chi connectivity index (χ4v) is 5.81. The monoisotopic (exact) mass is 540 g/mol. The van der Waals surface area contributed by atoms with Crippen molar-refractivity contribution in [2.75, 3.05) is 60.3 Å². The molecular formula is C31H40N8O. The number of aromatic nitrogens is 2. The Morgan fingerprint density at radius 2 is 1.60 bits per heavy atom. The van der Waals surface area contributed by atoms with Gasteiger partial charge in [0.15, 0.2) is 0 Å². The first kappa shape index (κ1) is 26.5. The minimum atomic E-state index is 0.357. The number of aliphatic imine (C=N–C) groups is 1. The summed E-state index contributed by atoms with van der Waals surface area (Å²) in [7, 11) is 2.06. The molecule has 9 nitrogen and oxygen atoms in total. The number of benzene rings is 2. The molecule has 0 unspecified atom stereocenters. The Labute approximate surface area is 237 Å². The number of ether oxygens (including phenoxy) is 1. The Kier molecular flexibility index (Phi) is 8.39. The third-order valence-electron chi connectivity index (χ3n) is 8.13. The molecule has 0 amide bonds. The first-order valence-electron chi connectivity index (χ1n) is 14.7. The van der Waals surface area contributed by atoms with Gasteiger partial charge in [-0.3, -0.25) is 9.89 Å². The molecule has 3 heterocycles. The molecule has 40 heavy (non-hydrogen) atoms. The third kappa shape index (κ3) is 6.21. The maximum Gasteiger partial charge on any atom is 0.226 e. The maximum atomic E-state index is 5.52. The zero-order chi connectivity index (χ0) is 27.1. The Bertz CT molecular complexity index is 1270. The first-order chi connectivity index (χ1) is 19.8. The lowest BCUT2D eigenvalue weighted by molar-refractivity contribution is 0.122. The zero-order valence-corrected chi connectivity index (χ0v) is 23.4. The molecule has 2 aromatic carbocycles. The van der Waals surface area contributed by atoms with Crippen LogP contribution in [0.15, 0.2) is 59.6 Å². The van der Waals surface area contributed by atoms with Gasteiger partial charge < -0.3 is 25.6 Å². The second kappa shape index (κ2) is 12.7. The van der Waals surface area contributed by atoms with Crippen LogP contribution in [0.5, 0.6) is 0 Å². The summed E-state index contributed by atoms with van der Waals surface area (Å²) in [6, 6.07) is 19.9. The number of hydrogen-bond donors (Lipinski definition) is 3. The number of para-hydroxylation sites is 1. The van der Waals surface area contributed by atoms with E-state index in [9.17, 15) is 0 Å². The largest absolute Gasteiger partial charge is 0.378 e. The minimum Gasteiger partial charge on any atom is -0.378 e. The van der Waals surface area contributed by atoms with Crippen LogP contribution in [0.4, 0.5) is 34.6 Å². The van der Waals surface area contributed by atoms with Crippen molar-refractivity contribution in [1.82, 2.24) is 15.3 Å². The van der Waals surface area contributed by atoms with Crippen LogP contribution in [0, 0.1) is 0 Å². The quantitative estimate of drug-likeness (QED) is 0.381. The first-order valence-corrected chi connectivity index (χ1v) is 14.7. The smallest absolute Gasteiger partial charge is 0.226 e. The average molecular weight is 541 g/mol. The van der Waals surface area contributed by atoms with Crippen LogP contribution in [-0.4, -0.2) is 68.3 Å². The number of nitrogens with zero attached hydrogens (tertiary/aromatic N) is 5. The van der Waals surface area contributed by atoms with Crippen molar-refractivity contribution in [3.8, 4) is 0 Å². The molecule has 2 fully saturated rings. The summed E-state index contributed by atoms with van der Waals surface area (Å²) in [5, 5.41) is 10.8. The molecule has 0 radical (unpaired) electrons. The summed E-state index contributed by atoms with van der Waals surface area (Å²) in [4.78, 5) is 19.4. The van der Waals surface area contributed by atoms with E-state index in [1.165, 1.54) is 5.69 Å². The Morgan fingerprint density at radius 1 is 0.850 bits per heavy atom. The van der Waals surface area contributed by atoms with Crippen LogP contribution in [0.2, 0.25) is 0 Å². The number of fused-ring (bicyclic) bond motifs is 1. The molecule has 9 heteroatoms. The highest BCUT2D eigenvalue weighted by Crippen LogP contribution is 2.35. The fraction of sp³-hybridized carbons (Fsp3) is 0.452. The van der Waals surface area contributed by atoms with Gasteiger partial charge >= 0.3 is 0 Å². The van der Waals surface area contributed by atoms with Crippen molar-refractivity contribution in [3.05, 3.63) is 60.2 Å². The van der Waals surface area contributed by atoms with Crippen LogP contribution in [-0.2, 0) is 11.2 Å². The second-order valence-electron chi connectivity index (χ2n) is 10.8. The number of anilines is 6. The number of hydrogen-bond acceptors (Lipinski definition) is 9. The Morgan fingerprint density at radius 3 is 2.35 bits per heavy atom. The lowest BCUT2D eigenvalue weighted by Gasteiger charge is -2.30. The van der Waals surface area contributed by atoms with Crippen LogP contribution in [0.3, 0.4) is 0 Å². The predicted molar refractivity (Wildman–Crippen MR) is 164 cm³/mol. The van der Waals surface area contributed by atoms with Crippen molar-refractivity contribution in [2.45, 2.75) is 50.6 Å². The molecular weight excluding hydrogens is 500 g/mol. The van der Waals surface area contributed by atoms with Crippen molar-refractivity contribution in [2.24, 2.45) is 4.99 Å². The van der Waals surface area contributed by atoms with Gasteiger partial charge in [-0.15, -0.1) is 0 Å². The number of morpholine rings is 1. The molecule has 2 aliphatic heterocycles. The van der Waals surface area contributed by atoms with E-state index in [0.29, 0.717) is 18.0 Å². The van der Waals surface area contributed by atoms with Crippen LogP contribution in [0.25, 0.3) is 0 Å². The van der Waals surface area contributed by atoms with E-state index >= 15 is 0 Å². The van der Waals surface area contributed by atoms with Crippen LogP contribution in [0.1, 0.15) is 37.7 Å². The van der Waals surface area contributed by atoms with Gasteiger partial charge in [0.25, 0.3) is 0 Å². The van der Waals surface area contributed by atoms with Gasteiger partial charge in [0, 0.05) is 54.3 Å². The number of rotatable bonds is 7. The van der Waals surface area contributed by atoms with E-state index < -0.39 is 0 Å². The molecule has 210 valence electrons. The van der Waals surface area contributed by atoms with E-state index in [0.717, 1.165) is 99.9 Å². The SMILES string of the molecule is CNC1CCC(Nc2nc(Nc3ccc(N4CCOCC4)cc3)c3c(n2)N(c2ccccc2)C=NCCC3)CC1. The second-order valence-corrected chi connectivity index (χ2v) is 10.8. The highest BCUT2D eigenvalue weighted by atomic mass is 16.5. The van der Waals surface area contributed by atoms with E-state index in [1.54, 1.807) is 0 Å². The Balaban J connectivity index is 1.33. The normalized spacial score (nSPS) is 21.3. The van der Waals surface area contributed by atoms with E-state index in [2.05, 4.69) is 81.3 Å². The summed E-state index contributed by atoms with van der Waals surface area (Å²) < 4.78 is 5.52. The van der Waals surface area contributed by atoms with Gasteiger partial charge in [0.05, 0.1) is 19.6 Å². The van der Waals surface area contributed by atoms with E-state index in [4.69, 9.17) is 19.7 Å². The van der Waals surface area contributed by atoms with Gasteiger partial charge in [-0.05, 0) is 82.0 Å². The highest BCUT2D eigenvalue weighted by molar-refractivity contribution is 5.91. The molecule has 0 atom stereocenters. The molecule has 3 aliphatic rings. The maximum absolute atomic E-state index is 5.52. The molecule has 1 saturated carbocycles. The average Bonchev–Trinajstić information content (AvgIpc) is 3.00. The molecule has 1 aliphatic carbocycles. The van der Waals surface area contributed by atoms with Crippen molar-refractivity contribution < 1.29 is 4.74 Å². The molecule has 3 N–H and O–H groups in total. The topological polar surface area (TPSA) is 89.9 Å². The van der Waals surface area contributed by atoms with Gasteiger partial charge in [-0.25, -0.2) is 0 Å². The van der Waals surface area contributed by atoms with Gasteiger partial charge in [0.1, 0.15) is 11.6 Å².